The van der Waals surface area contributed by atoms with Gasteiger partial charge in [-0.15, -0.1) is 0 Å². The summed E-state index contributed by atoms with van der Waals surface area (Å²) in [6.45, 7) is 0.687. The van der Waals surface area contributed by atoms with E-state index in [4.69, 9.17) is 14.2 Å². The maximum absolute atomic E-state index is 13.1. The molecule has 0 unspecified atom stereocenters. The number of nitrogens with zero attached hydrogens (tertiary/aromatic N) is 3. The van der Waals surface area contributed by atoms with E-state index in [1.165, 1.54) is 96.7 Å². The molecular formula is C63H52F3N9O12. The Hall–Kier alpha value is -11.2. The first-order valence-electron chi connectivity index (χ1n) is 26.7. The molecule has 442 valence electrons. The van der Waals surface area contributed by atoms with Gasteiger partial charge < -0.3 is 44.9 Å². The van der Waals surface area contributed by atoms with E-state index < -0.39 is 58.2 Å². The minimum Gasteiger partial charge on any atom is -0.497 e. The summed E-state index contributed by atoms with van der Waals surface area (Å²) in [6, 6.07) is 30.5. The summed E-state index contributed by atoms with van der Waals surface area (Å²) in [6.07, 6.45) is 6.28. The fourth-order valence-corrected chi connectivity index (χ4v) is 10.3. The molecule has 0 aromatic heterocycles. The first-order chi connectivity index (χ1) is 41.7. The lowest BCUT2D eigenvalue weighted by atomic mass is 9.97. The molecular weight excluding hydrogens is 1130 g/mol. The smallest absolute Gasteiger partial charge is 0.323 e. The van der Waals surface area contributed by atoms with Crippen LogP contribution in [0.15, 0.2) is 140 Å². The minimum atomic E-state index is -1.60. The van der Waals surface area contributed by atoms with Gasteiger partial charge in [-0.25, -0.2) is 27.6 Å². The van der Waals surface area contributed by atoms with Gasteiger partial charge in [0, 0.05) is 41.9 Å². The molecule has 0 spiro atoms. The maximum atomic E-state index is 13.1. The predicted octanol–water partition coefficient (Wildman–Crippen LogP) is 5.58. The molecule has 3 atom stereocenters. The van der Waals surface area contributed by atoms with Crippen LogP contribution in [0.25, 0.3) is 12.2 Å². The number of benzene rings is 6. The zero-order chi connectivity index (χ0) is 61.8. The summed E-state index contributed by atoms with van der Waals surface area (Å²) < 4.78 is 54.8. The van der Waals surface area contributed by atoms with Gasteiger partial charge in [0.25, 0.3) is 35.4 Å². The van der Waals surface area contributed by atoms with Crippen LogP contribution >= 0.6 is 0 Å². The Labute approximate surface area is 494 Å². The van der Waals surface area contributed by atoms with Gasteiger partial charge in [-0.3, -0.25) is 44.7 Å². The topological polar surface area (TPSA) is 263 Å². The third kappa shape index (κ3) is 12.5. The summed E-state index contributed by atoms with van der Waals surface area (Å²) in [5, 5.41) is 14.4. The second kappa shape index (κ2) is 24.2. The summed E-state index contributed by atoms with van der Waals surface area (Å²) in [7, 11) is 4.55. The number of urea groups is 3. The molecule has 87 heavy (non-hydrogen) atoms. The van der Waals surface area contributed by atoms with Crippen LogP contribution in [0.3, 0.4) is 0 Å². The third-order valence-corrected chi connectivity index (χ3v) is 14.9. The van der Waals surface area contributed by atoms with E-state index in [0.29, 0.717) is 63.7 Å². The first-order valence-corrected chi connectivity index (χ1v) is 26.7. The van der Waals surface area contributed by atoms with Gasteiger partial charge in [0.1, 0.15) is 34.7 Å². The van der Waals surface area contributed by atoms with E-state index in [2.05, 4.69) is 43.7 Å². The van der Waals surface area contributed by atoms with Crippen LogP contribution in [0.1, 0.15) is 64.5 Å². The minimum absolute atomic E-state index is 0.0436. The molecule has 6 aliphatic rings. The van der Waals surface area contributed by atoms with Crippen molar-refractivity contribution >= 4 is 65.7 Å². The van der Waals surface area contributed by atoms with Crippen molar-refractivity contribution < 1.29 is 70.5 Å². The van der Waals surface area contributed by atoms with Gasteiger partial charge in [-0.2, -0.15) is 0 Å². The van der Waals surface area contributed by atoms with E-state index in [0.717, 1.165) is 16.7 Å². The molecule has 6 aliphatic heterocycles. The predicted molar refractivity (Wildman–Crippen MR) is 306 cm³/mol. The quantitative estimate of drug-likeness (QED) is 0.0612. The number of halogens is 3. The molecule has 21 nitrogen and oxygen atoms in total. The highest BCUT2D eigenvalue weighted by Crippen LogP contribution is 2.33. The fraction of sp³-hybridized carbons (Fsp3) is 0.190. The van der Waals surface area contributed by atoms with E-state index in [9.17, 15) is 56.3 Å². The van der Waals surface area contributed by atoms with E-state index in [-0.39, 0.29) is 55.5 Å². The van der Waals surface area contributed by atoms with Gasteiger partial charge in [0.05, 0.1) is 41.0 Å². The van der Waals surface area contributed by atoms with Crippen molar-refractivity contribution in [1.82, 2.24) is 46.6 Å². The van der Waals surface area contributed by atoms with E-state index in [1.807, 2.05) is 0 Å². The molecule has 12 amide bonds. The van der Waals surface area contributed by atoms with Crippen molar-refractivity contribution in [2.75, 3.05) is 41.0 Å². The van der Waals surface area contributed by atoms with Crippen LogP contribution in [0, 0.1) is 29.3 Å². The Balaban J connectivity index is 0.000000144. The molecule has 6 N–H and O–H groups in total. The number of ether oxygens (including phenoxy) is 3. The number of rotatable bonds is 13. The van der Waals surface area contributed by atoms with Crippen LogP contribution < -0.4 is 46.1 Å². The molecule has 3 saturated heterocycles. The summed E-state index contributed by atoms with van der Waals surface area (Å²) in [5.74, 6) is 3.56. The average molecular weight is 1180 g/mol. The number of hydrogen-bond acceptors (Lipinski definition) is 12. The Morgan fingerprint density at radius 1 is 0.448 bits per heavy atom. The molecule has 6 aromatic rings. The van der Waals surface area contributed by atoms with Crippen molar-refractivity contribution in [3.8, 4) is 29.1 Å². The standard InChI is InChI=1S/2C21H18FN3O4.C21H16FN3O4/c3*1-29-16-7-4-14-11-25(18(26)17(14)10-16)12-21(19(27)23-20(28)24-21)9-8-13-2-5-15(22)6-3-13/h2*2-10H,11-12H2,1H3,(H2,23,24,27,28);2-7,10H,11-12H2,1H3,(H2,23,24,27,28)/b9-8+;9-8-;/t3*21-/m111/s1. The SMILES string of the molecule is COc1ccc2c(c1)C(=O)N(C[C@@]1(/C=C/c3ccc(F)cc3)NC(=O)NC1=O)C2.COc1ccc2c(c1)C(=O)N(C[C@@]1(/C=C\c3ccc(F)cc3)NC(=O)NC1=O)C2.COc1ccc2c(c1)C(=O)N(C[C@@]1(C#Cc3ccc(F)cc3)NC(=O)NC1=O)C2. The van der Waals surface area contributed by atoms with Gasteiger partial charge in [-0.05, 0) is 125 Å². The monoisotopic (exact) mass is 1180 g/mol. The highest BCUT2D eigenvalue weighted by molar-refractivity contribution is 6.12. The molecule has 0 aliphatic carbocycles. The Morgan fingerprint density at radius 2 is 0.793 bits per heavy atom. The molecule has 0 radical (unpaired) electrons. The number of imide groups is 3. The number of amides is 12. The van der Waals surface area contributed by atoms with Crippen LogP contribution in [0.4, 0.5) is 27.6 Å². The van der Waals surface area contributed by atoms with Gasteiger partial charge in [0.2, 0.25) is 5.54 Å². The summed E-state index contributed by atoms with van der Waals surface area (Å²) in [4.78, 5) is 116. The van der Waals surface area contributed by atoms with Gasteiger partial charge in [-0.1, -0.05) is 66.5 Å². The van der Waals surface area contributed by atoms with Crippen LogP contribution in [0.5, 0.6) is 17.2 Å². The Kier molecular flexibility index (Phi) is 16.4. The van der Waals surface area contributed by atoms with Crippen LogP contribution in [-0.2, 0) is 34.0 Å². The maximum Gasteiger partial charge on any atom is 0.323 e. The summed E-state index contributed by atoms with van der Waals surface area (Å²) >= 11 is 0. The number of carbonyl (C=O) groups is 9. The molecule has 24 heteroatoms. The lowest BCUT2D eigenvalue weighted by Gasteiger charge is -2.28. The second-order valence-electron chi connectivity index (χ2n) is 20.7. The van der Waals surface area contributed by atoms with E-state index in [1.54, 1.807) is 91.0 Å². The molecule has 6 aromatic carbocycles. The Bertz CT molecular complexity index is 3800. The zero-order valence-corrected chi connectivity index (χ0v) is 46.6. The molecule has 0 bridgehead atoms. The fourth-order valence-electron chi connectivity index (χ4n) is 10.3. The van der Waals surface area contributed by atoms with Crippen LogP contribution in [-0.4, -0.2) is 126 Å². The average Bonchev–Trinajstić information content (AvgIpc) is 1.78. The van der Waals surface area contributed by atoms with Crippen molar-refractivity contribution in [2.24, 2.45) is 0 Å². The lowest BCUT2D eigenvalue weighted by Crippen LogP contribution is -2.54. The number of methoxy groups -OCH3 is 3. The van der Waals surface area contributed by atoms with Crippen LogP contribution in [0.2, 0.25) is 0 Å². The lowest BCUT2D eigenvalue weighted by molar-refractivity contribution is -0.123. The molecule has 0 saturated carbocycles. The highest BCUT2D eigenvalue weighted by atomic mass is 19.1. The molecule has 3 fully saturated rings. The number of nitrogens with one attached hydrogen (secondary N) is 6. The number of fused-ring (bicyclic) bond motifs is 3. The third-order valence-electron chi connectivity index (χ3n) is 14.9. The molecule has 6 heterocycles. The molecule has 12 rings (SSSR count). The number of hydrogen-bond donors (Lipinski definition) is 6. The van der Waals surface area contributed by atoms with Crippen molar-refractivity contribution in [1.29, 1.82) is 0 Å². The highest BCUT2D eigenvalue weighted by Gasteiger charge is 2.50. The first kappa shape index (κ1) is 59.0. The summed E-state index contributed by atoms with van der Waals surface area (Å²) in [5.41, 5.74) is 1.25. The van der Waals surface area contributed by atoms with Crippen molar-refractivity contribution in [3.05, 3.63) is 207 Å². The van der Waals surface area contributed by atoms with Crippen molar-refractivity contribution in [3.63, 3.8) is 0 Å². The van der Waals surface area contributed by atoms with Gasteiger partial charge >= 0.3 is 18.1 Å². The number of carbonyl (C=O) groups excluding carboxylic acids is 9. The largest absolute Gasteiger partial charge is 0.497 e. The van der Waals surface area contributed by atoms with Gasteiger partial charge in [0.15, 0.2) is 11.1 Å². The normalized spacial score (nSPS) is 20.5. The Morgan fingerprint density at radius 3 is 1.13 bits per heavy atom. The van der Waals surface area contributed by atoms with Crippen molar-refractivity contribution in [2.45, 2.75) is 36.3 Å². The van der Waals surface area contributed by atoms with E-state index >= 15 is 0 Å². The zero-order valence-electron chi connectivity index (χ0n) is 46.6. The second-order valence-corrected chi connectivity index (χ2v) is 20.7.